The predicted octanol–water partition coefficient (Wildman–Crippen LogP) is 4.11. The second kappa shape index (κ2) is 9.36. The SMILES string of the molecule is COc1ccc(-c2nc(C(=O)Nc3cc(OC)c(OC)c(OC)c3)cs2)cc1OC. The van der Waals surface area contributed by atoms with Crippen molar-refractivity contribution < 1.29 is 28.5 Å². The number of thiazole rings is 1. The van der Waals surface area contributed by atoms with E-state index in [9.17, 15) is 4.79 Å². The van der Waals surface area contributed by atoms with Crippen LogP contribution in [0.5, 0.6) is 28.7 Å². The van der Waals surface area contributed by atoms with Crippen molar-refractivity contribution in [2.75, 3.05) is 40.9 Å². The van der Waals surface area contributed by atoms with Gasteiger partial charge in [-0.05, 0) is 18.2 Å². The Morgan fingerprint density at radius 2 is 1.47 bits per heavy atom. The molecule has 3 aromatic rings. The van der Waals surface area contributed by atoms with Gasteiger partial charge in [-0.15, -0.1) is 11.3 Å². The molecule has 0 fully saturated rings. The van der Waals surface area contributed by atoms with E-state index in [4.69, 9.17) is 23.7 Å². The van der Waals surface area contributed by atoms with Crippen molar-refractivity contribution in [3.05, 3.63) is 41.4 Å². The van der Waals surface area contributed by atoms with Crippen LogP contribution in [0.3, 0.4) is 0 Å². The molecule has 1 amide bonds. The maximum absolute atomic E-state index is 12.7. The van der Waals surface area contributed by atoms with Gasteiger partial charge in [0.15, 0.2) is 23.0 Å². The van der Waals surface area contributed by atoms with Gasteiger partial charge in [-0.3, -0.25) is 4.79 Å². The number of nitrogens with one attached hydrogen (secondary N) is 1. The molecule has 0 saturated carbocycles. The predicted molar refractivity (Wildman–Crippen MR) is 115 cm³/mol. The highest BCUT2D eigenvalue weighted by Crippen LogP contribution is 2.40. The van der Waals surface area contributed by atoms with Gasteiger partial charge in [0.25, 0.3) is 5.91 Å². The van der Waals surface area contributed by atoms with Crippen LogP contribution in [0, 0.1) is 0 Å². The summed E-state index contributed by atoms with van der Waals surface area (Å²) in [5.74, 6) is 2.19. The summed E-state index contributed by atoms with van der Waals surface area (Å²) in [7, 11) is 7.69. The molecular formula is C21H22N2O6S. The molecule has 158 valence electrons. The Morgan fingerprint density at radius 1 is 0.833 bits per heavy atom. The summed E-state index contributed by atoms with van der Waals surface area (Å²) in [4.78, 5) is 17.2. The highest BCUT2D eigenvalue weighted by molar-refractivity contribution is 7.13. The van der Waals surface area contributed by atoms with Crippen LogP contribution in [0.25, 0.3) is 10.6 Å². The quantitative estimate of drug-likeness (QED) is 0.575. The van der Waals surface area contributed by atoms with Gasteiger partial charge in [-0.2, -0.15) is 0 Å². The first-order valence-corrected chi connectivity index (χ1v) is 9.71. The number of ether oxygens (including phenoxy) is 5. The minimum absolute atomic E-state index is 0.290. The molecule has 0 aliphatic rings. The third kappa shape index (κ3) is 4.25. The standard InChI is InChI=1S/C21H22N2O6S/c1-25-15-7-6-12(8-16(15)26-2)21-23-14(11-30-21)20(24)22-13-9-17(27-3)19(29-5)18(10-13)28-4/h6-11H,1-5H3,(H,22,24). The average Bonchev–Trinajstić information content (AvgIpc) is 3.28. The molecule has 1 heterocycles. The van der Waals surface area contributed by atoms with Crippen LogP contribution in [0.1, 0.15) is 10.5 Å². The first-order valence-electron chi connectivity index (χ1n) is 8.83. The van der Waals surface area contributed by atoms with Gasteiger partial charge in [0.2, 0.25) is 5.75 Å². The summed E-state index contributed by atoms with van der Waals surface area (Å²) in [6.45, 7) is 0. The van der Waals surface area contributed by atoms with Crippen LogP contribution in [0.4, 0.5) is 5.69 Å². The number of nitrogens with zero attached hydrogens (tertiary/aromatic N) is 1. The van der Waals surface area contributed by atoms with Crippen LogP contribution in [-0.2, 0) is 0 Å². The molecule has 2 aromatic carbocycles. The number of hydrogen-bond acceptors (Lipinski definition) is 8. The molecule has 0 atom stereocenters. The lowest BCUT2D eigenvalue weighted by molar-refractivity contribution is 0.102. The molecule has 9 heteroatoms. The Balaban J connectivity index is 1.84. The van der Waals surface area contributed by atoms with E-state index in [2.05, 4.69) is 10.3 Å². The molecule has 0 radical (unpaired) electrons. The second-order valence-corrected chi connectivity index (χ2v) is 6.83. The molecule has 0 bridgehead atoms. The Kier molecular flexibility index (Phi) is 6.63. The summed E-state index contributed by atoms with van der Waals surface area (Å²) in [6, 6.07) is 8.78. The third-order valence-electron chi connectivity index (χ3n) is 4.29. The highest BCUT2D eigenvalue weighted by atomic mass is 32.1. The summed E-state index contributed by atoms with van der Waals surface area (Å²) < 4.78 is 26.5. The Labute approximate surface area is 178 Å². The number of carbonyl (C=O) groups is 1. The van der Waals surface area contributed by atoms with Gasteiger partial charge in [0.05, 0.1) is 35.5 Å². The maximum atomic E-state index is 12.7. The number of amides is 1. The number of benzene rings is 2. The molecule has 0 aliphatic heterocycles. The smallest absolute Gasteiger partial charge is 0.275 e. The molecule has 0 saturated heterocycles. The van der Waals surface area contributed by atoms with E-state index in [1.165, 1.54) is 32.7 Å². The van der Waals surface area contributed by atoms with Crippen LogP contribution in [0.2, 0.25) is 0 Å². The Morgan fingerprint density at radius 3 is 2.03 bits per heavy atom. The van der Waals surface area contributed by atoms with E-state index in [1.54, 1.807) is 37.8 Å². The average molecular weight is 430 g/mol. The zero-order valence-electron chi connectivity index (χ0n) is 17.3. The number of anilines is 1. The lowest BCUT2D eigenvalue weighted by Gasteiger charge is -2.14. The van der Waals surface area contributed by atoms with Crippen LogP contribution in [-0.4, -0.2) is 46.4 Å². The second-order valence-electron chi connectivity index (χ2n) is 5.98. The van der Waals surface area contributed by atoms with Crippen molar-refractivity contribution >= 4 is 22.9 Å². The van der Waals surface area contributed by atoms with Gasteiger partial charge in [-0.25, -0.2) is 4.98 Å². The van der Waals surface area contributed by atoms with Crippen molar-refractivity contribution in [1.29, 1.82) is 0 Å². The number of methoxy groups -OCH3 is 5. The van der Waals surface area contributed by atoms with E-state index in [1.807, 2.05) is 12.1 Å². The van der Waals surface area contributed by atoms with Crippen molar-refractivity contribution in [3.63, 3.8) is 0 Å². The van der Waals surface area contributed by atoms with Crippen molar-refractivity contribution in [2.45, 2.75) is 0 Å². The molecule has 8 nitrogen and oxygen atoms in total. The highest BCUT2D eigenvalue weighted by Gasteiger charge is 2.17. The van der Waals surface area contributed by atoms with Gasteiger partial charge in [0.1, 0.15) is 10.7 Å². The first kappa shape index (κ1) is 21.3. The zero-order valence-corrected chi connectivity index (χ0v) is 18.1. The Bertz CT molecular complexity index is 1020. The number of rotatable bonds is 8. The third-order valence-corrected chi connectivity index (χ3v) is 5.18. The van der Waals surface area contributed by atoms with Crippen molar-refractivity contribution in [3.8, 4) is 39.3 Å². The van der Waals surface area contributed by atoms with Gasteiger partial charge in [0, 0.05) is 28.8 Å². The first-order chi connectivity index (χ1) is 14.5. The largest absolute Gasteiger partial charge is 0.493 e. The summed E-state index contributed by atoms with van der Waals surface area (Å²) in [5, 5.41) is 5.19. The minimum atomic E-state index is -0.354. The van der Waals surface area contributed by atoms with Gasteiger partial charge in [-0.1, -0.05) is 0 Å². The monoisotopic (exact) mass is 430 g/mol. The van der Waals surface area contributed by atoms with E-state index in [-0.39, 0.29) is 5.91 Å². The van der Waals surface area contributed by atoms with Crippen LogP contribution >= 0.6 is 11.3 Å². The van der Waals surface area contributed by atoms with Crippen molar-refractivity contribution in [1.82, 2.24) is 4.98 Å². The van der Waals surface area contributed by atoms with Gasteiger partial charge < -0.3 is 29.0 Å². The molecule has 0 aliphatic carbocycles. The van der Waals surface area contributed by atoms with E-state index >= 15 is 0 Å². The Hall–Kier alpha value is -3.46. The molecule has 1 aromatic heterocycles. The maximum Gasteiger partial charge on any atom is 0.275 e. The molecule has 0 spiro atoms. The minimum Gasteiger partial charge on any atom is -0.493 e. The molecule has 3 rings (SSSR count). The summed E-state index contributed by atoms with van der Waals surface area (Å²) in [6.07, 6.45) is 0. The summed E-state index contributed by atoms with van der Waals surface area (Å²) >= 11 is 1.36. The number of carbonyl (C=O) groups excluding carboxylic acids is 1. The van der Waals surface area contributed by atoms with E-state index in [0.29, 0.717) is 45.1 Å². The van der Waals surface area contributed by atoms with E-state index < -0.39 is 0 Å². The number of aromatic nitrogens is 1. The molecule has 0 unspecified atom stereocenters. The van der Waals surface area contributed by atoms with Crippen molar-refractivity contribution in [2.24, 2.45) is 0 Å². The topological polar surface area (TPSA) is 88.1 Å². The zero-order chi connectivity index (χ0) is 21.7. The van der Waals surface area contributed by atoms with Crippen LogP contribution in [0.15, 0.2) is 35.7 Å². The lowest BCUT2D eigenvalue weighted by atomic mass is 10.2. The van der Waals surface area contributed by atoms with Gasteiger partial charge >= 0.3 is 0 Å². The fourth-order valence-corrected chi connectivity index (χ4v) is 3.63. The number of hydrogen-bond donors (Lipinski definition) is 1. The lowest BCUT2D eigenvalue weighted by Crippen LogP contribution is -2.12. The molecule has 30 heavy (non-hydrogen) atoms. The molecular weight excluding hydrogens is 408 g/mol. The van der Waals surface area contributed by atoms with Crippen LogP contribution < -0.4 is 29.0 Å². The fourth-order valence-electron chi connectivity index (χ4n) is 2.83. The fraction of sp³-hybridized carbons (Fsp3) is 0.238. The molecule has 1 N–H and O–H groups in total. The van der Waals surface area contributed by atoms with E-state index in [0.717, 1.165) is 5.56 Å². The normalized spacial score (nSPS) is 10.3. The summed E-state index contributed by atoms with van der Waals surface area (Å²) in [5.41, 5.74) is 1.61.